The number of hydrogen-bond donors (Lipinski definition) is 0. The Kier molecular flexibility index (Phi) is 4.07. The molecule has 0 aliphatic heterocycles. The molecule has 5 aromatic rings. The Hall–Kier alpha value is -4.05. The summed E-state index contributed by atoms with van der Waals surface area (Å²) in [7, 11) is 0. The Bertz CT molecular complexity index is 1520. The maximum Gasteiger partial charge on any atom is 0.291 e. The molecule has 5 rings (SSSR count). The van der Waals surface area contributed by atoms with Gasteiger partial charge in [0.25, 0.3) is 11.2 Å². The summed E-state index contributed by atoms with van der Waals surface area (Å²) in [6, 6.07) is 11.4. The molecule has 0 aliphatic carbocycles. The van der Waals surface area contributed by atoms with Crippen LogP contribution < -0.4 is 10.1 Å². The number of rotatable bonds is 4. The van der Waals surface area contributed by atoms with Gasteiger partial charge in [0, 0.05) is 12.1 Å². The normalized spacial score (nSPS) is 12.1. The van der Waals surface area contributed by atoms with Crippen LogP contribution in [0.25, 0.3) is 33.7 Å². The second kappa shape index (κ2) is 6.78. The van der Waals surface area contributed by atoms with E-state index in [-0.39, 0.29) is 11.2 Å². The number of aromatic nitrogens is 3. The van der Waals surface area contributed by atoms with E-state index in [1.165, 1.54) is 21.9 Å². The van der Waals surface area contributed by atoms with Crippen molar-refractivity contribution in [3.63, 3.8) is 0 Å². The largest absolute Gasteiger partial charge is 0.469 e. The van der Waals surface area contributed by atoms with E-state index in [1.807, 2.05) is 0 Å². The molecule has 0 radical (unpaired) electrons. The Morgan fingerprint density at radius 3 is 2.73 bits per heavy atom. The van der Waals surface area contributed by atoms with Crippen LogP contribution in [0.3, 0.4) is 0 Å². The van der Waals surface area contributed by atoms with Crippen molar-refractivity contribution >= 4 is 28.1 Å². The highest BCUT2D eigenvalue weighted by molar-refractivity contribution is 7.15. The molecule has 0 N–H and O–H groups in total. The lowest BCUT2D eigenvalue weighted by Gasteiger charge is -1.98. The van der Waals surface area contributed by atoms with E-state index >= 15 is 0 Å². The molecule has 148 valence electrons. The summed E-state index contributed by atoms with van der Waals surface area (Å²) in [5.74, 6) is 1.84. The first-order valence-corrected chi connectivity index (χ1v) is 9.62. The number of aryl methyl sites for hydroxylation is 1. The van der Waals surface area contributed by atoms with E-state index in [2.05, 4.69) is 10.1 Å². The molecule has 4 heterocycles. The number of fused-ring (bicyclic) bond motifs is 1. The van der Waals surface area contributed by atoms with E-state index in [9.17, 15) is 14.9 Å². The maximum absolute atomic E-state index is 12.7. The standard InChI is InChI=1S/C20H12N4O5S/c1-11-13(8-9-28-11)18-21-20-23(22-18)19(25)17(30-20)10-12-6-7-16(29-12)14-4-2-3-5-15(14)24(26)27/h2-10H,1H3/b17-10-. The van der Waals surface area contributed by atoms with Crippen molar-refractivity contribution in [3.8, 4) is 22.7 Å². The van der Waals surface area contributed by atoms with Crippen molar-refractivity contribution in [1.82, 2.24) is 14.6 Å². The predicted octanol–water partition coefficient (Wildman–Crippen LogP) is 3.44. The summed E-state index contributed by atoms with van der Waals surface area (Å²) in [4.78, 5) is 28.3. The number of para-hydroxylation sites is 1. The zero-order valence-corrected chi connectivity index (χ0v) is 16.3. The fraction of sp³-hybridized carbons (Fsp3) is 0.0500. The molecule has 1 aromatic carbocycles. The third-order valence-corrected chi connectivity index (χ3v) is 5.51. The van der Waals surface area contributed by atoms with Crippen molar-refractivity contribution in [2.45, 2.75) is 6.92 Å². The molecule has 30 heavy (non-hydrogen) atoms. The second-order valence-electron chi connectivity index (χ2n) is 6.41. The average Bonchev–Trinajstić information content (AvgIpc) is 3.49. The van der Waals surface area contributed by atoms with Crippen LogP contribution in [0, 0.1) is 17.0 Å². The molecule has 0 unspecified atom stereocenters. The highest BCUT2D eigenvalue weighted by atomic mass is 32.1. The van der Waals surface area contributed by atoms with Crippen molar-refractivity contribution < 1.29 is 13.8 Å². The zero-order chi connectivity index (χ0) is 20.8. The summed E-state index contributed by atoms with van der Waals surface area (Å²) in [6.07, 6.45) is 3.12. The lowest BCUT2D eigenvalue weighted by molar-refractivity contribution is -0.384. The smallest absolute Gasteiger partial charge is 0.291 e. The van der Waals surface area contributed by atoms with Crippen LogP contribution >= 0.6 is 11.3 Å². The third kappa shape index (κ3) is 2.90. The fourth-order valence-electron chi connectivity index (χ4n) is 3.11. The van der Waals surface area contributed by atoms with Crippen molar-refractivity contribution in [2.75, 3.05) is 0 Å². The van der Waals surface area contributed by atoms with Crippen LogP contribution in [0.4, 0.5) is 5.69 Å². The molecular formula is C20H12N4O5S. The van der Waals surface area contributed by atoms with Gasteiger partial charge in [-0.1, -0.05) is 23.5 Å². The SMILES string of the molecule is Cc1occc1-c1nc2s/c(=C\c3ccc(-c4ccccc4[N+](=O)[O-])o3)c(=O)n2n1. The molecule has 10 heteroatoms. The lowest BCUT2D eigenvalue weighted by Crippen LogP contribution is -2.23. The number of thiazole rings is 1. The molecule has 9 nitrogen and oxygen atoms in total. The number of nitrogens with zero attached hydrogens (tertiary/aromatic N) is 4. The second-order valence-corrected chi connectivity index (χ2v) is 7.42. The van der Waals surface area contributed by atoms with Gasteiger partial charge in [0.05, 0.1) is 22.3 Å². The van der Waals surface area contributed by atoms with Gasteiger partial charge in [-0.05, 0) is 31.2 Å². The quantitative estimate of drug-likeness (QED) is 0.323. The topological polar surface area (TPSA) is 117 Å². The van der Waals surface area contributed by atoms with E-state index in [0.29, 0.717) is 38.2 Å². The molecule has 0 saturated heterocycles. The summed E-state index contributed by atoms with van der Waals surface area (Å²) in [5, 5.41) is 15.5. The molecule has 0 aliphatic rings. The first-order chi connectivity index (χ1) is 14.5. The monoisotopic (exact) mass is 420 g/mol. The van der Waals surface area contributed by atoms with Gasteiger partial charge in [-0.15, -0.1) is 5.10 Å². The molecule has 0 fully saturated rings. The average molecular weight is 420 g/mol. The zero-order valence-electron chi connectivity index (χ0n) is 15.4. The minimum absolute atomic E-state index is 0.0521. The molecule has 0 saturated carbocycles. The van der Waals surface area contributed by atoms with Crippen LogP contribution in [0.15, 0.2) is 62.4 Å². The first-order valence-electron chi connectivity index (χ1n) is 8.80. The predicted molar refractivity (Wildman–Crippen MR) is 109 cm³/mol. The molecule has 0 spiro atoms. The minimum Gasteiger partial charge on any atom is -0.469 e. The molecule has 4 aromatic heterocycles. The minimum atomic E-state index is -0.462. The number of hydrogen-bond acceptors (Lipinski definition) is 8. The van der Waals surface area contributed by atoms with Gasteiger partial charge >= 0.3 is 0 Å². The van der Waals surface area contributed by atoms with Gasteiger partial charge in [-0.2, -0.15) is 9.50 Å². The van der Waals surface area contributed by atoms with E-state index in [1.54, 1.807) is 55.7 Å². The molecule has 0 bridgehead atoms. The van der Waals surface area contributed by atoms with Crippen LogP contribution in [0.2, 0.25) is 0 Å². The van der Waals surface area contributed by atoms with Crippen LogP contribution in [-0.2, 0) is 0 Å². The van der Waals surface area contributed by atoms with E-state index in [4.69, 9.17) is 8.83 Å². The summed E-state index contributed by atoms with van der Waals surface area (Å²) < 4.78 is 12.6. The first kappa shape index (κ1) is 18.0. The van der Waals surface area contributed by atoms with Crippen LogP contribution in [0.1, 0.15) is 11.5 Å². The summed E-state index contributed by atoms with van der Waals surface area (Å²) in [6.45, 7) is 1.80. The molecule has 0 atom stereocenters. The highest BCUT2D eigenvalue weighted by Crippen LogP contribution is 2.31. The van der Waals surface area contributed by atoms with Crippen molar-refractivity contribution in [2.24, 2.45) is 0 Å². The van der Waals surface area contributed by atoms with Crippen LogP contribution in [0.5, 0.6) is 0 Å². The van der Waals surface area contributed by atoms with Crippen molar-refractivity contribution in [3.05, 3.63) is 85.2 Å². The number of furan rings is 2. The van der Waals surface area contributed by atoms with Gasteiger partial charge in [-0.3, -0.25) is 14.9 Å². The molecular weight excluding hydrogens is 408 g/mol. The van der Waals surface area contributed by atoms with Crippen molar-refractivity contribution in [1.29, 1.82) is 0 Å². The molecule has 0 amide bonds. The van der Waals surface area contributed by atoms with Gasteiger partial charge in [0.2, 0.25) is 4.96 Å². The number of benzene rings is 1. The maximum atomic E-state index is 12.7. The number of nitro groups is 1. The Labute approximate surface area is 171 Å². The highest BCUT2D eigenvalue weighted by Gasteiger charge is 2.18. The van der Waals surface area contributed by atoms with E-state index < -0.39 is 4.92 Å². The Morgan fingerprint density at radius 2 is 2.00 bits per heavy atom. The van der Waals surface area contributed by atoms with Gasteiger partial charge < -0.3 is 8.83 Å². The fourth-order valence-corrected chi connectivity index (χ4v) is 4.00. The van der Waals surface area contributed by atoms with Gasteiger partial charge in [0.1, 0.15) is 21.8 Å². The van der Waals surface area contributed by atoms with Gasteiger partial charge in [0.15, 0.2) is 5.82 Å². The summed E-state index contributed by atoms with van der Waals surface area (Å²) >= 11 is 1.18. The Morgan fingerprint density at radius 1 is 1.17 bits per heavy atom. The summed E-state index contributed by atoms with van der Waals surface area (Å²) in [5.41, 5.74) is 0.727. The van der Waals surface area contributed by atoms with Gasteiger partial charge in [-0.25, -0.2) is 0 Å². The third-order valence-electron chi connectivity index (χ3n) is 4.55. The number of nitro benzene ring substituents is 1. The Balaban J connectivity index is 1.54. The lowest BCUT2D eigenvalue weighted by atomic mass is 10.1. The van der Waals surface area contributed by atoms with Crippen LogP contribution in [-0.4, -0.2) is 19.5 Å². The van der Waals surface area contributed by atoms with E-state index in [0.717, 1.165) is 5.56 Å².